The zero-order valence-corrected chi connectivity index (χ0v) is 23.7. The van der Waals surface area contributed by atoms with E-state index in [0.29, 0.717) is 31.6 Å². The Bertz CT molecular complexity index is 1420. The highest BCUT2D eigenvalue weighted by atomic mass is 19.4. The molecule has 224 valence electrons. The van der Waals surface area contributed by atoms with E-state index in [1.54, 1.807) is 6.07 Å². The van der Waals surface area contributed by atoms with Crippen LogP contribution in [0.4, 0.5) is 13.2 Å². The summed E-state index contributed by atoms with van der Waals surface area (Å²) >= 11 is 0. The topological polar surface area (TPSA) is 89.9 Å². The van der Waals surface area contributed by atoms with Crippen LogP contribution >= 0.6 is 0 Å². The lowest BCUT2D eigenvalue weighted by Crippen LogP contribution is -2.58. The minimum Gasteiger partial charge on any atom is -0.384 e. The van der Waals surface area contributed by atoms with Crippen molar-refractivity contribution in [1.82, 2.24) is 15.1 Å². The van der Waals surface area contributed by atoms with E-state index in [4.69, 9.17) is 0 Å². The Balaban J connectivity index is 1.27. The zero-order chi connectivity index (χ0) is 29.9. The second kappa shape index (κ2) is 10.5. The van der Waals surface area contributed by atoms with Crippen LogP contribution < -0.4 is 5.32 Å². The monoisotopic (exact) mass is 583 g/mol. The van der Waals surface area contributed by atoms with E-state index in [2.05, 4.69) is 10.2 Å². The van der Waals surface area contributed by atoms with Gasteiger partial charge in [0.1, 0.15) is 6.04 Å². The third-order valence-corrected chi connectivity index (χ3v) is 10.1. The van der Waals surface area contributed by atoms with Crippen molar-refractivity contribution in [1.29, 1.82) is 0 Å². The predicted molar refractivity (Wildman–Crippen MR) is 148 cm³/mol. The number of carbonyl (C=O) groups is 3. The molecule has 3 heterocycles. The fraction of sp³-hybridized carbons (Fsp3) is 0.531. The number of alkyl halides is 3. The van der Waals surface area contributed by atoms with Gasteiger partial charge in [-0.3, -0.25) is 24.6 Å². The van der Waals surface area contributed by atoms with Gasteiger partial charge in [-0.2, -0.15) is 13.2 Å². The van der Waals surface area contributed by atoms with E-state index in [9.17, 15) is 32.7 Å². The molecule has 2 unspecified atom stereocenters. The molecule has 10 heteroatoms. The Morgan fingerprint density at radius 1 is 1.00 bits per heavy atom. The normalized spacial score (nSPS) is 26.5. The first-order valence-electron chi connectivity index (χ1n) is 14.8. The SMILES string of the molecule is Cc1c(C2(O)CCN(Cc3ccc(C(F)(F)F)cc3)CC23CCCCC3)ccc2c1CN(C1CCC(=O)NC1=O)C2=O. The maximum atomic E-state index is 13.4. The summed E-state index contributed by atoms with van der Waals surface area (Å²) in [5.41, 5.74) is 1.60. The average Bonchev–Trinajstić information content (AvgIpc) is 3.28. The van der Waals surface area contributed by atoms with Gasteiger partial charge in [-0.25, -0.2) is 0 Å². The van der Waals surface area contributed by atoms with E-state index in [-0.39, 0.29) is 31.2 Å². The molecule has 2 aromatic rings. The molecular formula is C32H36F3N3O4. The summed E-state index contributed by atoms with van der Waals surface area (Å²) in [6.07, 6.45) is 1.32. The van der Waals surface area contributed by atoms with Crippen molar-refractivity contribution in [3.05, 3.63) is 69.8 Å². The number of fused-ring (bicyclic) bond motifs is 1. The molecule has 0 bridgehead atoms. The molecule has 42 heavy (non-hydrogen) atoms. The number of hydrogen-bond acceptors (Lipinski definition) is 5. The predicted octanol–water partition coefficient (Wildman–Crippen LogP) is 4.82. The standard InChI is InChI=1S/C32H36F3N3O4/c1-20-24-18-38(26-11-12-27(39)36-28(26)40)29(41)23(24)9-10-25(20)31(42)15-16-37(19-30(31)13-3-2-4-14-30)17-21-5-7-22(8-6-21)32(33,34)35/h5-10,26,42H,2-4,11-19H2,1H3,(H,36,39,40). The molecule has 0 aromatic heterocycles. The Morgan fingerprint density at radius 2 is 1.71 bits per heavy atom. The van der Waals surface area contributed by atoms with Gasteiger partial charge in [-0.05, 0) is 73.1 Å². The molecule has 3 amide bonds. The fourth-order valence-corrected chi connectivity index (χ4v) is 7.87. The molecule has 0 radical (unpaired) electrons. The van der Waals surface area contributed by atoms with E-state index >= 15 is 0 Å². The van der Waals surface area contributed by atoms with Crippen LogP contribution in [0.1, 0.15) is 89.5 Å². The first kappa shape index (κ1) is 28.9. The number of likely N-dealkylation sites (tertiary alicyclic amines) is 1. The molecule has 4 aliphatic rings. The minimum absolute atomic E-state index is 0.187. The highest BCUT2D eigenvalue weighted by molar-refractivity contribution is 6.05. The summed E-state index contributed by atoms with van der Waals surface area (Å²) in [6, 6.07) is 8.27. The maximum Gasteiger partial charge on any atom is 0.416 e. The lowest BCUT2D eigenvalue weighted by Gasteiger charge is -2.56. The number of hydrogen-bond donors (Lipinski definition) is 2. The summed E-state index contributed by atoms with van der Waals surface area (Å²) in [7, 11) is 0. The first-order chi connectivity index (χ1) is 19.9. The van der Waals surface area contributed by atoms with Crippen LogP contribution in [0.25, 0.3) is 0 Å². The van der Waals surface area contributed by atoms with Crippen molar-refractivity contribution in [2.45, 2.75) is 89.2 Å². The molecule has 2 saturated heterocycles. The second-order valence-electron chi connectivity index (χ2n) is 12.5. The van der Waals surface area contributed by atoms with Crippen molar-refractivity contribution >= 4 is 17.7 Å². The number of imide groups is 1. The maximum absolute atomic E-state index is 13.4. The van der Waals surface area contributed by atoms with Crippen LogP contribution in [0.5, 0.6) is 0 Å². The number of rotatable bonds is 4. The van der Waals surface area contributed by atoms with Crippen molar-refractivity contribution in [2.75, 3.05) is 13.1 Å². The van der Waals surface area contributed by atoms with E-state index in [1.807, 2.05) is 13.0 Å². The number of carbonyl (C=O) groups excluding carboxylic acids is 3. The van der Waals surface area contributed by atoms with Crippen LogP contribution in [-0.4, -0.2) is 51.8 Å². The molecule has 6 rings (SSSR count). The van der Waals surface area contributed by atoms with E-state index in [0.717, 1.165) is 66.5 Å². The van der Waals surface area contributed by atoms with Gasteiger partial charge in [0.2, 0.25) is 11.8 Å². The quantitative estimate of drug-likeness (QED) is 0.504. The molecule has 1 spiro atoms. The largest absolute Gasteiger partial charge is 0.416 e. The smallest absolute Gasteiger partial charge is 0.384 e. The third-order valence-electron chi connectivity index (χ3n) is 10.1. The molecule has 2 aromatic carbocycles. The molecule has 2 N–H and O–H groups in total. The lowest BCUT2D eigenvalue weighted by molar-refractivity contribution is -0.160. The number of halogens is 3. The Hall–Kier alpha value is -3.24. The number of nitrogens with zero attached hydrogens (tertiary/aromatic N) is 2. The average molecular weight is 584 g/mol. The molecule has 3 fully saturated rings. The fourth-order valence-electron chi connectivity index (χ4n) is 7.87. The lowest BCUT2D eigenvalue weighted by atomic mass is 9.57. The van der Waals surface area contributed by atoms with Gasteiger partial charge in [0, 0.05) is 43.6 Å². The molecule has 1 saturated carbocycles. The number of aliphatic hydroxyl groups is 1. The highest BCUT2D eigenvalue weighted by Gasteiger charge is 2.55. The Morgan fingerprint density at radius 3 is 2.38 bits per heavy atom. The van der Waals surface area contributed by atoms with Gasteiger partial charge in [0.05, 0.1) is 11.2 Å². The highest BCUT2D eigenvalue weighted by Crippen LogP contribution is 2.55. The summed E-state index contributed by atoms with van der Waals surface area (Å²) in [5.74, 6) is -1.02. The molecule has 7 nitrogen and oxygen atoms in total. The Kier molecular flexibility index (Phi) is 7.20. The van der Waals surface area contributed by atoms with Crippen LogP contribution in [0.2, 0.25) is 0 Å². The van der Waals surface area contributed by atoms with Crippen molar-refractivity contribution in [3.63, 3.8) is 0 Å². The second-order valence-corrected chi connectivity index (χ2v) is 12.5. The van der Waals surface area contributed by atoms with Crippen LogP contribution in [0, 0.1) is 12.3 Å². The summed E-state index contributed by atoms with van der Waals surface area (Å²) in [5, 5.41) is 15.0. The number of piperidine rings is 2. The van der Waals surface area contributed by atoms with Crippen LogP contribution in [0.3, 0.4) is 0 Å². The molecular weight excluding hydrogens is 547 g/mol. The number of nitrogens with one attached hydrogen (secondary N) is 1. The van der Waals surface area contributed by atoms with Crippen molar-refractivity contribution < 1.29 is 32.7 Å². The van der Waals surface area contributed by atoms with Gasteiger partial charge in [0.25, 0.3) is 5.91 Å². The first-order valence-corrected chi connectivity index (χ1v) is 14.8. The molecule has 2 atom stereocenters. The van der Waals surface area contributed by atoms with Crippen LogP contribution in [-0.2, 0) is 34.5 Å². The van der Waals surface area contributed by atoms with Gasteiger partial charge < -0.3 is 10.0 Å². The Labute approximate surface area is 243 Å². The summed E-state index contributed by atoms with van der Waals surface area (Å²) in [4.78, 5) is 41.3. The van der Waals surface area contributed by atoms with Gasteiger partial charge in [-0.1, -0.05) is 37.5 Å². The summed E-state index contributed by atoms with van der Waals surface area (Å²) < 4.78 is 39.2. The summed E-state index contributed by atoms with van der Waals surface area (Å²) in [6.45, 7) is 3.91. The molecule has 1 aliphatic carbocycles. The third kappa shape index (κ3) is 4.82. The van der Waals surface area contributed by atoms with E-state index in [1.165, 1.54) is 17.0 Å². The molecule has 3 aliphatic heterocycles. The van der Waals surface area contributed by atoms with E-state index < -0.39 is 34.7 Å². The van der Waals surface area contributed by atoms with Crippen molar-refractivity contribution in [2.24, 2.45) is 5.41 Å². The van der Waals surface area contributed by atoms with Crippen LogP contribution in [0.15, 0.2) is 36.4 Å². The van der Waals surface area contributed by atoms with Gasteiger partial charge >= 0.3 is 6.18 Å². The number of benzene rings is 2. The zero-order valence-electron chi connectivity index (χ0n) is 23.7. The van der Waals surface area contributed by atoms with Crippen molar-refractivity contribution in [3.8, 4) is 0 Å². The number of amides is 3. The minimum atomic E-state index is -4.37. The van der Waals surface area contributed by atoms with Gasteiger partial charge in [-0.15, -0.1) is 0 Å². The van der Waals surface area contributed by atoms with Gasteiger partial charge in [0.15, 0.2) is 0 Å².